The Morgan fingerprint density at radius 3 is 2.71 bits per heavy atom. The molecule has 11 heteroatoms. The fourth-order valence-corrected chi connectivity index (χ4v) is 5.80. The minimum Gasteiger partial charge on any atom is -0.496 e. The third-order valence-corrected chi connectivity index (χ3v) is 8.21. The number of benzene rings is 2. The van der Waals surface area contributed by atoms with Crippen LogP contribution in [-0.4, -0.2) is 54.8 Å². The molecule has 1 aliphatic rings. The number of hydrogen-bond donors (Lipinski definition) is 1. The molecule has 4 rings (SSSR count). The van der Waals surface area contributed by atoms with E-state index in [0.717, 1.165) is 19.3 Å². The molecule has 35 heavy (non-hydrogen) atoms. The molecule has 0 unspecified atom stereocenters. The van der Waals surface area contributed by atoms with Gasteiger partial charge in [-0.15, -0.1) is 16.8 Å². The first-order chi connectivity index (χ1) is 16.9. The van der Waals surface area contributed by atoms with Crippen LogP contribution >= 0.6 is 11.8 Å². The summed E-state index contributed by atoms with van der Waals surface area (Å²) in [5.74, 6) is 0.612. The number of nitrogens with zero attached hydrogens (tertiary/aromatic N) is 3. The highest BCUT2D eigenvalue weighted by atomic mass is 32.2. The van der Waals surface area contributed by atoms with Gasteiger partial charge in [0.25, 0.3) is 17.0 Å². The van der Waals surface area contributed by atoms with Crippen LogP contribution in [0.4, 0.5) is 5.69 Å². The van der Waals surface area contributed by atoms with Crippen LogP contribution in [0.25, 0.3) is 11.5 Å². The third kappa shape index (κ3) is 5.58. The predicted octanol–water partition coefficient (Wildman–Crippen LogP) is 4.45. The number of ether oxygens (including phenoxy) is 1. The number of piperidine rings is 1. The SMILES string of the molecule is C=CCSc1nnc(-c2ccccc2NC(=O)c2cc(S(=O)(=O)N3CCCCC3)ccc2OC)o1. The van der Waals surface area contributed by atoms with Crippen molar-refractivity contribution in [2.45, 2.75) is 29.4 Å². The van der Waals surface area contributed by atoms with Crippen molar-refractivity contribution in [2.75, 3.05) is 31.3 Å². The van der Waals surface area contributed by atoms with Gasteiger partial charge in [0.15, 0.2) is 0 Å². The van der Waals surface area contributed by atoms with Crippen LogP contribution in [-0.2, 0) is 10.0 Å². The topological polar surface area (TPSA) is 115 Å². The Bertz CT molecular complexity index is 1320. The minimum absolute atomic E-state index is 0.0550. The van der Waals surface area contributed by atoms with Gasteiger partial charge in [0.05, 0.1) is 28.8 Å². The number of thioether (sulfide) groups is 1. The van der Waals surface area contributed by atoms with E-state index in [1.807, 2.05) is 0 Å². The molecule has 1 N–H and O–H groups in total. The summed E-state index contributed by atoms with van der Waals surface area (Å²) in [5.41, 5.74) is 1.08. The van der Waals surface area contributed by atoms with Gasteiger partial charge >= 0.3 is 0 Å². The van der Waals surface area contributed by atoms with E-state index in [0.29, 0.717) is 35.3 Å². The molecular weight excluding hydrogens is 488 g/mol. The van der Waals surface area contributed by atoms with Crippen LogP contribution in [0.15, 0.2) is 69.7 Å². The zero-order chi connectivity index (χ0) is 24.8. The van der Waals surface area contributed by atoms with Gasteiger partial charge in [0.1, 0.15) is 5.75 Å². The summed E-state index contributed by atoms with van der Waals surface area (Å²) in [6.45, 7) is 4.61. The molecule has 1 fully saturated rings. The van der Waals surface area contributed by atoms with Crippen molar-refractivity contribution in [1.29, 1.82) is 0 Å². The maximum absolute atomic E-state index is 13.3. The molecule has 0 aliphatic carbocycles. The Balaban J connectivity index is 1.62. The second kappa shape index (κ2) is 11.1. The first kappa shape index (κ1) is 25.0. The Hall–Kier alpha value is -3.15. The maximum atomic E-state index is 13.3. The fourth-order valence-electron chi connectivity index (χ4n) is 3.75. The lowest BCUT2D eigenvalue weighted by Gasteiger charge is -2.26. The van der Waals surface area contributed by atoms with Crippen molar-refractivity contribution in [2.24, 2.45) is 0 Å². The highest BCUT2D eigenvalue weighted by molar-refractivity contribution is 7.99. The quantitative estimate of drug-likeness (QED) is 0.329. The van der Waals surface area contributed by atoms with E-state index in [4.69, 9.17) is 9.15 Å². The summed E-state index contributed by atoms with van der Waals surface area (Å²) in [6, 6.07) is 11.3. The predicted molar refractivity (Wildman–Crippen MR) is 134 cm³/mol. The van der Waals surface area contributed by atoms with E-state index in [2.05, 4.69) is 22.1 Å². The molecule has 1 amide bonds. The summed E-state index contributed by atoms with van der Waals surface area (Å²) in [5, 5.41) is 11.3. The van der Waals surface area contributed by atoms with E-state index in [-0.39, 0.29) is 22.1 Å². The van der Waals surface area contributed by atoms with E-state index >= 15 is 0 Å². The summed E-state index contributed by atoms with van der Waals surface area (Å²) < 4.78 is 38.8. The largest absolute Gasteiger partial charge is 0.496 e. The number of anilines is 1. The second-order valence-corrected chi connectivity index (χ2v) is 10.7. The lowest BCUT2D eigenvalue weighted by atomic mass is 10.1. The summed E-state index contributed by atoms with van der Waals surface area (Å²) in [4.78, 5) is 13.4. The Labute approximate surface area is 208 Å². The molecular formula is C24H26N4O5S2. The van der Waals surface area contributed by atoms with Crippen molar-refractivity contribution in [3.05, 3.63) is 60.7 Å². The first-order valence-corrected chi connectivity index (χ1v) is 13.5. The van der Waals surface area contributed by atoms with Crippen molar-refractivity contribution in [3.63, 3.8) is 0 Å². The van der Waals surface area contributed by atoms with Crippen molar-refractivity contribution in [3.8, 4) is 17.2 Å². The number of sulfonamides is 1. The van der Waals surface area contributed by atoms with Crippen LogP contribution < -0.4 is 10.1 Å². The number of nitrogens with one attached hydrogen (secondary N) is 1. The van der Waals surface area contributed by atoms with Crippen LogP contribution in [0.5, 0.6) is 5.75 Å². The molecule has 0 bridgehead atoms. The molecule has 2 heterocycles. The normalized spacial score (nSPS) is 14.4. The van der Waals surface area contributed by atoms with Gasteiger partial charge in [-0.05, 0) is 43.2 Å². The lowest BCUT2D eigenvalue weighted by molar-refractivity contribution is 0.102. The Morgan fingerprint density at radius 2 is 1.97 bits per heavy atom. The first-order valence-electron chi connectivity index (χ1n) is 11.1. The molecule has 0 spiro atoms. The number of aromatic nitrogens is 2. The standard InChI is InChI=1S/C24H26N4O5S2/c1-3-15-34-24-27-26-23(33-24)18-9-5-6-10-20(18)25-22(29)19-16-17(11-12-21(19)32-2)35(30,31)28-13-7-4-8-14-28/h3,5-6,9-12,16H,1,4,7-8,13-15H2,2H3,(H,25,29). The molecule has 2 aromatic carbocycles. The Morgan fingerprint density at radius 1 is 1.20 bits per heavy atom. The average molecular weight is 515 g/mol. The molecule has 3 aromatic rings. The number of carbonyl (C=O) groups excluding carboxylic acids is 1. The molecule has 184 valence electrons. The number of carbonyl (C=O) groups is 1. The van der Waals surface area contributed by atoms with Gasteiger partial charge < -0.3 is 14.5 Å². The number of methoxy groups -OCH3 is 1. The minimum atomic E-state index is -3.72. The van der Waals surface area contributed by atoms with Gasteiger partial charge in [-0.3, -0.25) is 4.79 Å². The second-order valence-electron chi connectivity index (χ2n) is 7.80. The zero-order valence-electron chi connectivity index (χ0n) is 19.3. The van der Waals surface area contributed by atoms with Crippen molar-refractivity contribution < 1.29 is 22.4 Å². The van der Waals surface area contributed by atoms with Crippen LogP contribution in [0.2, 0.25) is 0 Å². The van der Waals surface area contributed by atoms with Gasteiger partial charge in [0, 0.05) is 18.8 Å². The van der Waals surface area contributed by atoms with Gasteiger partial charge in [-0.1, -0.05) is 36.4 Å². The summed E-state index contributed by atoms with van der Waals surface area (Å²) in [6.07, 6.45) is 4.39. The molecule has 9 nitrogen and oxygen atoms in total. The zero-order valence-corrected chi connectivity index (χ0v) is 20.9. The van der Waals surface area contributed by atoms with Crippen LogP contribution in [0, 0.1) is 0 Å². The average Bonchev–Trinajstić information content (AvgIpc) is 3.36. The summed E-state index contributed by atoms with van der Waals surface area (Å²) in [7, 11) is -2.29. The smallest absolute Gasteiger partial charge is 0.277 e. The third-order valence-electron chi connectivity index (χ3n) is 5.51. The highest BCUT2D eigenvalue weighted by Crippen LogP contribution is 2.31. The summed E-state index contributed by atoms with van der Waals surface area (Å²) >= 11 is 1.35. The molecule has 0 radical (unpaired) electrons. The van der Waals surface area contributed by atoms with Gasteiger partial charge in [-0.25, -0.2) is 8.42 Å². The highest BCUT2D eigenvalue weighted by Gasteiger charge is 2.28. The Kier molecular flexibility index (Phi) is 7.89. The van der Waals surface area contributed by atoms with Crippen molar-refractivity contribution >= 4 is 33.4 Å². The fraction of sp³-hybridized carbons (Fsp3) is 0.292. The molecule has 1 aromatic heterocycles. The molecule has 0 saturated carbocycles. The number of amides is 1. The van der Waals surface area contributed by atoms with E-state index in [1.54, 1.807) is 30.3 Å². The van der Waals surface area contributed by atoms with Crippen LogP contribution in [0.3, 0.4) is 0 Å². The van der Waals surface area contributed by atoms with Crippen LogP contribution in [0.1, 0.15) is 29.6 Å². The van der Waals surface area contributed by atoms with Gasteiger partial charge in [-0.2, -0.15) is 4.31 Å². The maximum Gasteiger partial charge on any atom is 0.277 e. The molecule has 0 atom stereocenters. The van der Waals surface area contributed by atoms with E-state index < -0.39 is 15.9 Å². The number of hydrogen-bond acceptors (Lipinski definition) is 8. The van der Waals surface area contributed by atoms with Crippen molar-refractivity contribution in [1.82, 2.24) is 14.5 Å². The van der Waals surface area contributed by atoms with E-state index in [9.17, 15) is 13.2 Å². The molecule has 1 saturated heterocycles. The lowest BCUT2D eigenvalue weighted by Crippen LogP contribution is -2.35. The number of rotatable bonds is 9. The molecule has 1 aliphatic heterocycles. The number of para-hydroxylation sites is 1. The monoisotopic (exact) mass is 514 g/mol. The van der Waals surface area contributed by atoms with E-state index in [1.165, 1.54) is 41.4 Å². The van der Waals surface area contributed by atoms with Gasteiger partial charge in [0.2, 0.25) is 10.0 Å².